The lowest BCUT2D eigenvalue weighted by Crippen LogP contribution is -2.42. The van der Waals surface area contributed by atoms with Crippen LogP contribution in [-0.4, -0.2) is 141 Å². The molecule has 40 heavy (non-hydrogen) atoms. The van der Waals surface area contributed by atoms with Crippen molar-refractivity contribution >= 4 is 11.8 Å². The first kappa shape index (κ1) is 38.7. The van der Waals surface area contributed by atoms with Crippen molar-refractivity contribution in [3.63, 3.8) is 0 Å². The van der Waals surface area contributed by atoms with E-state index in [0.29, 0.717) is 52.7 Å². The summed E-state index contributed by atoms with van der Waals surface area (Å²) in [5.74, 6) is -0.105. The Balaban J connectivity index is 3.65. The minimum Gasteiger partial charge on any atom is -0.379 e. The predicted molar refractivity (Wildman–Crippen MR) is 161 cm³/mol. The molecule has 0 aromatic heterocycles. The van der Waals surface area contributed by atoms with Gasteiger partial charge in [-0.15, -0.1) is 0 Å². The van der Waals surface area contributed by atoms with Gasteiger partial charge in [0.25, 0.3) is 0 Å². The highest BCUT2D eigenvalue weighted by Gasteiger charge is 2.15. The monoisotopic (exact) mass is 576 g/mol. The van der Waals surface area contributed by atoms with Crippen molar-refractivity contribution in [3.8, 4) is 0 Å². The third-order valence-electron chi connectivity index (χ3n) is 6.92. The molecule has 238 valence electrons. The maximum atomic E-state index is 11.8. The summed E-state index contributed by atoms with van der Waals surface area (Å²) in [4.78, 5) is 23.6. The van der Waals surface area contributed by atoms with Crippen LogP contribution in [-0.2, 0) is 28.5 Å². The average molecular weight is 577 g/mol. The van der Waals surface area contributed by atoms with Gasteiger partial charge in [-0.2, -0.15) is 0 Å². The Hall–Kier alpha value is -1.30. The number of nitrogens with one attached hydrogen (secondary N) is 2. The molecule has 0 spiro atoms. The summed E-state index contributed by atoms with van der Waals surface area (Å²) in [6, 6.07) is 0. The molecule has 0 unspecified atom stereocenters. The summed E-state index contributed by atoms with van der Waals surface area (Å²) in [5.41, 5.74) is 0. The van der Waals surface area contributed by atoms with Crippen LogP contribution in [0.3, 0.4) is 0 Å². The SMILES string of the molecule is CCOCCOCC(=O)NCCC[N+](C)(C)CCCCCCCC[N+](C)(C)CCCNC(=O)COCCOCC. The molecule has 10 nitrogen and oxygen atoms in total. The molecule has 0 bridgehead atoms. The molecule has 0 aliphatic carbocycles. The number of carbonyl (C=O) groups is 2. The molecule has 0 aliphatic heterocycles. The van der Waals surface area contributed by atoms with E-state index in [1.807, 2.05) is 13.8 Å². The van der Waals surface area contributed by atoms with E-state index in [9.17, 15) is 9.59 Å². The maximum Gasteiger partial charge on any atom is 0.246 e. The lowest BCUT2D eigenvalue weighted by molar-refractivity contribution is -0.890. The molecular weight excluding hydrogens is 512 g/mol. The summed E-state index contributed by atoms with van der Waals surface area (Å²) in [6.07, 6.45) is 9.60. The van der Waals surface area contributed by atoms with Gasteiger partial charge in [0, 0.05) is 39.1 Å². The van der Waals surface area contributed by atoms with E-state index in [2.05, 4.69) is 38.8 Å². The molecule has 0 saturated heterocycles. The highest BCUT2D eigenvalue weighted by Crippen LogP contribution is 2.11. The zero-order chi connectivity index (χ0) is 30.0. The molecule has 0 saturated carbocycles. The van der Waals surface area contributed by atoms with Crippen LogP contribution in [0, 0.1) is 0 Å². The maximum absolute atomic E-state index is 11.8. The predicted octanol–water partition coefficient (Wildman–Crippen LogP) is 2.60. The first-order valence-electron chi connectivity index (χ1n) is 15.6. The van der Waals surface area contributed by atoms with E-state index in [4.69, 9.17) is 18.9 Å². The lowest BCUT2D eigenvalue weighted by Gasteiger charge is -2.30. The fourth-order valence-electron chi connectivity index (χ4n) is 4.44. The van der Waals surface area contributed by atoms with Gasteiger partial charge in [0.15, 0.2) is 0 Å². The Morgan fingerprint density at radius 1 is 0.500 bits per heavy atom. The summed E-state index contributed by atoms with van der Waals surface area (Å²) in [7, 11) is 9.12. The van der Waals surface area contributed by atoms with Crippen LogP contribution in [0.4, 0.5) is 0 Å². The number of nitrogens with zero attached hydrogens (tertiary/aromatic N) is 2. The third-order valence-corrected chi connectivity index (χ3v) is 6.92. The van der Waals surface area contributed by atoms with Gasteiger partial charge >= 0.3 is 0 Å². The standard InChI is InChI=1S/C30H62N4O6/c1-7-37-23-25-39-27-29(35)31-17-15-21-33(3,4)19-13-11-9-10-12-14-20-34(5,6)22-16-18-32-30(36)28-40-26-24-38-8-2/h7-28H2,1-6H3/p+2. The van der Waals surface area contributed by atoms with Gasteiger partial charge in [-0.1, -0.05) is 12.8 Å². The smallest absolute Gasteiger partial charge is 0.246 e. The van der Waals surface area contributed by atoms with Gasteiger partial charge in [-0.05, 0) is 39.5 Å². The third kappa shape index (κ3) is 26.9. The minimum absolute atomic E-state index is 0.0524. The van der Waals surface area contributed by atoms with Crippen molar-refractivity contribution in [1.82, 2.24) is 10.6 Å². The summed E-state index contributed by atoms with van der Waals surface area (Å²) in [5, 5.41) is 5.88. The number of hydrogen-bond acceptors (Lipinski definition) is 6. The summed E-state index contributed by atoms with van der Waals surface area (Å²) >= 11 is 0. The zero-order valence-electron chi connectivity index (χ0n) is 26.9. The van der Waals surface area contributed by atoms with E-state index in [1.54, 1.807) is 0 Å². The van der Waals surface area contributed by atoms with Gasteiger partial charge in [0.2, 0.25) is 11.8 Å². The van der Waals surface area contributed by atoms with Gasteiger partial charge in [-0.3, -0.25) is 9.59 Å². The molecule has 0 fully saturated rings. The van der Waals surface area contributed by atoms with Crippen LogP contribution in [0.25, 0.3) is 0 Å². The van der Waals surface area contributed by atoms with Gasteiger partial charge in [-0.25, -0.2) is 0 Å². The minimum atomic E-state index is -0.0524. The molecule has 0 aromatic rings. The first-order chi connectivity index (χ1) is 19.1. The molecule has 0 aromatic carbocycles. The van der Waals surface area contributed by atoms with Gasteiger partial charge < -0.3 is 38.5 Å². The second-order valence-corrected chi connectivity index (χ2v) is 11.8. The average Bonchev–Trinajstić information content (AvgIpc) is 2.90. The fraction of sp³-hybridized carbons (Fsp3) is 0.933. The lowest BCUT2D eigenvalue weighted by atomic mass is 10.1. The normalized spacial score (nSPS) is 12.1. The topological polar surface area (TPSA) is 95.1 Å². The van der Waals surface area contributed by atoms with Crippen LogP contribution in [0.2, 0.25) is 0 Å². The zero-order valence-corrected chi connectivity index (χ0v) is 26.9. The Bertz CT molecular complexity index is 567. The first-order valence-corrected chi connectivity index (χ1v) is 15.6. The second kappa shape index (κ2) is 25.4. The van der Waals surface area contributed by atoms with Crippen molar-refractivity contribution in [2.24, 2.45) is 0 Å². The van der Waals surface area contributed by atoms with Crippen LogP contribution < -0.4 is 10.6 Å². The Kier molecular flexibility index (Phi) is 24.6. The number of carbonyl (C=O) groups excluding carboxylic acids is 2. The molecule has 0 radical (unpaired) electrons. The van der Waals surface area contributed by atoms with E-state index < -0.39 is 0 Å². The van der Waals surface area contributed by atoms with Crippen LogP contribution in [0.5, 0.6) is 0 Å². The van der Waals surface area contributed by atoms with Gasteiger partial charge in [0.1, 0.15) is 13.2 Å². The second-order valence-electron chi connectivity index (χ2n) is 11.8. The molecule has 2 amide bonds. The Labute approximate surface area is 245 Å². The number of hydrogen-bond donors (Lipinski definition) is 2. The summed E-state index contributed by atoms with van der Waals surface area (Å²) < 4.78 is 23.0. The number of quaternary nitrogens is 2. The molecule has 0 atom stereocenters. The van der Waals surface area contributed by atoms with E-state index in [-0.39, 0.29) is 25.0 Å². The Morgan fingerprint density at radius 2 is 0.825 bits per heavy atom. The summed E-state index contributed by atoms with van der Waals surface area (Å²) in [6.45, 7) is 13.3. The largest absolute Gasteiger partial charge is 0.379 e. The van der Waals surface area contributed by atoms with E-state index in [0.717, 1.165) is 34.9 Å². The Morgan fingerprint density at radius 3 is 1.20 bits per heavy atom. The van der Waals surface area contributed by atoms with Gasteiger partial charge in [0.05, 0.1) is 80.8 Å². The van der Waals surface area contributed by atoms with Crippen molar-refractivity contribution < 1.29 is 37.5 Å². The van der Waals surface area contributed by atoms with Crippen molar-refractivity contribution in [1.29, 1.82) is 0 Å². The molecule has 10 heteroatoms. The number of amides is 2. The number of ether oxygens (including phenoxy) is 4. The number of rotatable bonds is 29. The molecule has 0 rings (SSSR count). The fourth-order valence-corrected chi connectivity index (χ4v) is 4.44. The van der Waals surface area contributed by atoms with Crippen molar-refractivity contribution in [2.75, 3.05) is 120 Å². The van der Waals surface area contributed by atoms with E-state index in [1.165, 1.54) is 51.6 Å². The van der Waals surface area contributed by atoms with Crippen LogP contribution in [0.1, 0.15) is 65.2 Å². The highest BCUT2D eigenvalue weighted by molar-refractivity contribution is 5.77. The van der Waals surface area contributed by atoms with E-state index >= 15 is 0 Å². The van der Waals surface area contributed by atoms with Crippen molar-refractivity contribution in [3.05, 3.63) is 0 Å². The van der Waals surface area contributed by atoms with Crippen molar-refractivity contribution in [2.45, 2.75) is 65.2 Å². The molecular formula is C30H64N4O6+2. The van der Waals surface area contributed by atoms with Crippen LogP contribution >= 0.6 is 0 Å². The quantitative estimate of drug-likeness (QED) is 0.105. The van der Waals surface area contributed by atoms with Crippen LogP contribution in [0.15, 0.2) is 0 Å². The molecule has 0 heterocycles. The number of unbranched alkanes of at least 4 members (excludes halogenated alkanes) is 5. The molecule has 0 aliphatic rings. The molecule has 2 N–H and O–H groups in total. The highest BCUT2D eigenvalue weighted by atomic mass is 16.5.